The van der Waals surface area contributed by atoms with Crippen LogP contribution in [0.1, 0.15) is 24.1 Å². The van der Waals surface area contributed by atoms with Crippen LogP contribution in [0.25, 0.3) is 0 Å². The number of nitrogens with two attached hydrogens (primary N) is 1. The summed E-state index contributed by atoms with van der Waals surface area (Å²) in [6.45, 7) is 5.30. The van der Waals surface area contributed by atoms with Gasteiger partial charge in [0, 0.05) is 18.4 Å². The Morgan fingerprint density at radius 1 is 1.60 bits per heavy atom. The fraction of sp³-hybridized carbons (Fsp3) is 0.545. The monoisotopic (exact) mass is 209 g/mol. The van der Waals surface area contributed by atoms with Crippen molar-refractivity contribution in [2.75, 3.05) is 26.0 Å². The quantitative estimate of drug-likeness (QED) is 0.766. The Balaban J connectivity index is 2.85. The molecule has 1 aromatic rings. The third kappa shape index (κ3) is 3.18. The highest BCUT2D eigenvalue weighted by atomic mass is 16.5. The number of hydrogen-bond acceptors (Lipinski definition) is 4. The number of likely N-dealkylation sites (N-methyl/N-ethyl adjacent to an activating group) is 1. The van der Waals surface area contributed by atoms with E-state index in [2.05, 4.69) is 10.3 Å². The van der Waals surface area contributed by atoms with Crippen LogP contribution < -0.4 is 11.1 Å². The predicted octanol–water partition coefficient (Wildman–Crippen LogP) is 1.27. The molecule has 4 nitrogen and oxygen atoms in total. The molecule has 1 aromatic heterocycles. The number of aryl methyl sites for hydroxylation is 1. The Bertz CT molecular complexity index is 315. The van der Waals surface area contributed by atoms with Crippen molar-refractivity contribution >= 4 is 5.82 Å². The van der Waals surface area contributed by atoms with E-state index in [4.69, 9.17) is 10.5 Å². The van der Waals surface area contributed by atoms with E-state index in [1.165, 1.54) is 0 Å². The highest BCUT2D eigenvalue weighted by Gasteiger charge is 2.13. The van der Waals surface area contributed by atoms with Gasteiger partial charge in [0.1, 0.15) is 5.82 Å². The summed E-state index contributed by atoms with van der Waals surface area (Å²) in [4.78, 5) is 4.14. The van der Waals surface area contributed by atoms with E-state index < -0.39 is 0 Å². The number of nitrogen functional groups attached to an aromatic ring is 1. The molecule has 3 N–H and O–H groups in total. The second-order valence-electron chi connectivity index (χ2n) is 3.49. The molecular weight excluding hydrogens is 190 g/mol. The molecule has 4 heteroatoms. The lowest BCUT2D eigenvalue weighted by Gasteiger charge is -2.18. The van der Waals surface area contributed by atoms with Crippen LogP contribution in [0, 0.1) is 6.92 Å². The molecule has 0 aliphatic carbocycles. The Morgan fingerprint density at radius 3 is 2.93 bits per heavy atom. The lowest BCUT2D eigenvalue weighted by molar-refractivity contribution is 0.125. The van der Waals surface area contributed by atoms with Crippen LogP contribution in [0.5, 0.6) is 0 Å². The zero-order valence-electron chi connectivity index (χ0n) is 9.58. The smallest absolute Gasteiger partial charge is 0.128 e. The second kappa shape index (κ2) is 5.68. The van der Waals surface area contributed by atoms with Crippen molar-refractivity contribution in [2.24, 2.45) is 0 Å². The number of hydrogen-bond donors (Lipinski definition) is 2. The minimum Gasteiger partial charge on any atom is -0.383 e. The first-order valence-corrected chi connectivity index (χ1v) is 5.16. The molecule has 0 saturated carbocycles. The van der Waals surface area contributed by atoms with Gasteiger partial charge in [0.05, 0.1) is 12.6 Å². The summed E-state index contributed by atoms with van der Waals surface area (Å²) in [6.07, 6.45) is 1.77. The van der Waals surface area contributed by atoms with Crippen molar-refractivity contribution in [3.8, 4) is 0 Å². The van der Waals surface area contributed by atoms with Gasteiger partial charge < -0.3 is 15.8 Å². The first-order valence-electron chi connectivity index (χ1n) is 5.16. The van der Waals surface area contributed by atoms with Gasteiger partial charge in [-0.2, -0.15) is 0 Å². The van der Waals surface area contributed by atoms with E-state index in [-0.39, 0.29) is 6.04 Å². The minimum atomic E-state index is 0.109. The van der Waals surface area contributed by atoms with Gasteiger partial charge in [-0.05, 0) is 32.5 Å². The van der Waals surface area contributed by atoms with Crippen LogP contribution >= 0.6 is 0 Å². The molecule has 0 amide bonds. The summed E-state index contributed by atoms with van der Waals surface area (Å²) >= 11 is 0. The Labute approximate surface area is 90.8 Å². The third-order valence-electron chi connectivity index (χ3n) is 2.30. The fourth-order valence-corrected chi connectivity index (χ4v) is 1.45. The van der Waals surface area contributed by atoms with Gasteiger partial charge in [-0.15, -0.1) is 0 Å². The first-order chi connectivity index (χ1) is 7.19. The number of ether oxygens (including phenoxy) is 1. The third-order valence-corrected chi connectivity index (χ3v) is 2.30. The van der Waals surface area contributed by atoms with Crippen molar-refractivity contribution in [3.05, 3.63) is 23.4 Å². The zero-order chi connectivity index (χ0) is 11.3. The van der Waals surface area contributed by atoms with Crippen LogP contribution in [0.4, 0.5) is 5.82 Å². The molecule has 0 aliphatic heterocycles. The van der Waals surface area contributed by atoms with Crippen molar-refractivity contribution in [2.45, 2.75) is 19.9 Å². The van der Waals surface area contributed by atoms with Crippen molar-refractivity contribution in [1.82, 2.24) is 10.3 Å². The molecule has 0 saturated heterocycles. The molecule has 1 unspecified atom stereocenters. The molecule has 1 heterocycles. The topological polar surface area (TPSA) is 60.2 Å². The average Bonchev–Trinajstić information content (AvgIpc) is 2.24. The number of nitrogens with zero attached hydrogens (tertiary/aromatic N) is 1. The van der Waals surface area contributed by atoms with Gasteiger partial charge in [0.2, 0.25) is 0 Å². The van der Waals surface area contributed by atoms with Crippen LogP contribution in [-0.4, -0.2) is 25.2 Å². The zero-order valence-corrected chi connectivity index (χ0v) is 9.58. The summed E-state index contributed by atoms with van der Waals surface area (Å²) in [5.41, 5.74) is 7.94. The number of anilines is 1. The van der Waals surface area contributed by atoms with Gasteiger partial charge in [0.25, 0.3) is 0 Å². The molecule has 1 atom stereocenters. The minimum absolute atomic E-state index is 0.109. The van der Waals surface area contributed by atoms with Crippen LogP contribution in [0.2, 0.25) is 0 Å². The summed E-state index contributed by atoms with van der Waals surface area (Å²) in [6, 6.07) is 2.15. The van der Waals surface area contributed by atoms with Gasteiger partial charge in [0.15, 0.2) is 0 Å². The Hall–Kier alpha value is -1.13. The SMILES string of the molecule is CCOCC(NC)c1cc(C)cnc1N. The number of pyridine rings is 1. The van der Waals surface area contributed by atoms with Crippen molar-refractivity contribution in [3.63, 3.8) is 0 Å². The molecule has 0 aromatic carbocycles. The van der Waals surface area contributed by atoms with Gasteiger partial charge in [-0.25, -0.2) is 4.98 Å². The van der Waals surface area contributed by atoms with E-state index >= 15 is 0 Å². The molecule has 1 rings (SSSR count). The maximum absolute atomic E-state index is 5.83. The normalized spacial score (nSPS) is 12.7. The molecule has 0 radical (unpaired) electrons. The predicted molar refractivity (Wildman–Crippen MR) is 61.7 cm³/mol. The molecule has 0 spiro atoms. The van der Waals surface area contributed by atoms with Crippen molar-refractivity contribution < 1.29 is 4.74 Å². The molecule has 0 aliphatic rings. The van der Waals surface area contributed by atoms with Crippen LogP contribution in [-0.2, 0) is 4.74 Å². The molecule has 84 valence electrons. The van der Waals surface area contributed by atoms with E-state index in [1.54, 1.807) is 6.20 Å². The number of rotatable bonds is 5. The highest BCUT2D eigenvalue weighted by molar-refractivity contribution is 5.43. The van der Waals surface area contributed by atoms with Gasteiger partial charge in [-0.1, -0.05) is 0 Å². The van der Waals surface area contributed by atoms with Crippen LogP contribution in [0.3, 0.4) is 0 Å². The number of aromatic nitrogens is 1. The maximum Gasteiger partial charge on any atom is 0.128 e. The van der Waals surface area contributed by atoms with Crippen LogP contribution in [0.15, 0.2) is 12.3 Å². The standard InChI is InChI=1S/C11H19N3O/c1-4-15-7-10(13-3)9-5-8(2)6-14-11(9)12/h5-6,10,13H,4,7H2,1-3H3,(H2,12,14). The molecular formula is C11H19N3O. The number of nitrogens with one attached hydrogen (secondary N) is 1. The van der Waals surface area contributed by atoms with Crippen molar-refractivity contribution in [1.29, 1.82) is 0 Å². The van der Waals surface area contributed by atoms with E-state index in [1.807, 2.05) is 27.0 Å². The second-order valence-corrected chi connectivity index (χ2v) is 3.49. The molecule has 0 fully saturated rings. The van der Waals surface area contributed by atoms with E-state index in [0.717, 1.165) is 11.1 Å². The van der Waals surface area contributed by atoms with Gasteiger partial charge in [-0.3, -0.25) is 0 Å². The fourth-order valence-electron chi connectivity index (χ4n) is 1.45. The average molecular weight is 209 g/mol. The van der Waals surface area contributed by atoms with E-state index in [9.17, 15) is 0 Å². The summed E-state index contributed by atoms with van der Waals surface area (Å²) in [5.74, 6) is 0.569. The lowest BCUT2D eigenvalue weighted by Crippen LogP contribution is -2.23. The lowest BCUT2D eigenvalue weighted by atomic mass is 10.1. The maximum atomic E-state index is 5.83. The molecule has 0 bridgehead atoms. The Morgan fingerprint density at radius 2 is 2.33 bits per heavy atom. The molecule has 15 heavy (non-hydrogen) atoms. The Kier molecular flexibility index (Phi) is 4.52. The summed E-state index contributed by atoms with van der Waals surface area (Å²) in [5, 5.41) is 3.18. The van der Waals surface area contributed by atoms with E-state index in [0.29, 0.717) is 19.0 Å². The summed E-state index contributed by atoms with van der Waals surface area (Å²) in [7, 11) is 1.89. The first kappa shape index (κ1) is 11.9. The largest absolute Gasteiger partial charge is 0.383 e. The van der Waals surface area contributed by atoms with Gasteiger partial charge >= 0.3 is 0 Å². The highest BCUT2D eigenvalue weighted by Crippen LogP contribution is 2.19. The summed E-state index contributed by atoms with van der Waals surface area (Å²) < 4.78 is 5.39.